The molecule has 3 N–H and O–H groups in total. The molecule has 0 saturated carbocycles. The lowest BCUT2D eigenvalue weighted by molar-refractivity contribution is -0.147. The minimum absolute atomic E-state index is 0.00589. The molecule has 0 fully saturated rings. The van der Waals surface area contributed by atoms with Gasteiger partial charge in [0.2, 0.25) is 5.91 Å². The lowest BCUT2D eigenvalue weighted by Gasteiger charge is -2.26. The van der Waals surface area contributed by atoms with Crippen molar-refractivity contribution in [1.29, 1.82) is 5.26 Å². The normalized spacial score (nSPS) is 14.5. The summed E-state index contributed by atoms with van der Waals surface area (Å²) in [6.07, 6.45) is -2.15. The Bertz CT molecular complexity index is 701. The molecule has 1 aromatic rings. The number of carbonyl (C=O) groups is 3. The van der Waals surface area contributed by atoms with E-state index in [1.807, 2.05) is 12.1 Å². The van der Waals surface area contributed by atoms with E-state index < -0.39 is 42.1 Å². The maximum absolute atomic E-state index is 12.5. The molecule has 28 heavy (non-hydrogen) atoms. The van der Waals surface area contributed by atoms with Gasteiger partial charge in [0, 0.05) is 12.3 Å². The number of aliphatic hydroxyl groups is 1. The zero-order valence-electron chi connectivity index (χ0n) is 16.0. The van der Waals surface area contributed by atoms with Gasteiger partial charge in [-0.15, -0.1) is 0 Å². The van der Waals surface area contributed by atoms with Crippen LogP contribution in [0.3, 0.4) is 0 Å². The predicted octanol–water partition coefficient (Wildman–Crippen LogP) is 0.870. The lowest BCUT2D eigenvalue weighted by Crippen LogP contribution is -2.57. The first kappa shape index (κ1) is 22.9. The Morgan fingerprint density at radius 2 is 1.79 bits per heavy atom. The van der Waals surface area contributed by atoms with Crippen LogP contribution in [0.1, 0.15) is 25.8 Å². The Hall–Kier alpha value is -3.12. The number of nitrogens with one attached hydrogen (secondary N) is 2. The van der Waals surface area contributed by atoms with Crippen LogP contribution in [0, 0.1) is 17.2 Å². The van der Waals surface area contributed by atoms with Crippen LogP contribution in [0.4, 0.5) is 4.79 Å². The molecule has 0 bridgehead atoms. The zero-order chi connectivity index (χ0) is 21.1. The number of aliphatic hydroxyl groups excluding tert-OH is 1. The van der Waals surface area contributed by atoms with Crippen LogP contribution >= 0.6 is 0 Å². The molecule has 9 nitrogen and oxygen atoms in total. The van der Waals surface area contributed by atoms with Gasteiger partial charge in [-0.05, 0) is 12.5 Å². The number of hydrogen-bond donors (Lipinski definition) is 3. The highest BCUT2D eigenvalue weighted by molar-refractivity contribution is 5.90. The smallest absolute Gasteiger partial charge is 0.408 e. The van der Waals surface area contributed by atoms with E-state index in [0.29, 0.717) is 0 Å². The molecule has 1 aromatic carbocycles. The molecule has 0 unspecified atom stereocenters. The molecule has 0 spiro atoms. The van der Waals surface area contributed by atoms with Crippen LogP contribution < -0.4 is 10.6 Å². The fourth-order valence-electron chi connectivity index (χ4n) is 2.36. The summed E-state index contributed by atoms with van der Waals surface area (Å²) < 4.78 is 9.69. The van der Waals surface area contributed by atoms with Crippen LogP contribution in [-0.2, 0) is 25.7 Å². The van der Waals surface area contributed by atoms with E-state index in [9.17, 15) is 19.5 Å². The van der Waals surface area contributed by atoms with Crippen molar-refractivity contribution >= 4 is 18.0 Å². The molecule has 0 radical (unpaired) electrons. The number of alkyl carbamates (subject to hydrolysis) is 1. The van der Waals surface area contributed by atoms with Crippen molar-refractivity contribution in [2.24, 2.45) is 5.92 Å². The molecule has 0 aromatic heterocycles. The van der Waals surface area contributed by atoms with E-state index in [1.54, 1.807) is 31.2 Å². The number of amides is 2. The van der Waals surface area contributed by atoms with Crippen molar-refractivity contribution in [2.75, 3.05) is 7.11 Å². The van der Waals surface area contributed by atoms with Crippen LogP contribution in [0.15, 0.2) is 30.3 Å². The number of ether oxygens (including phenoxy) is 2. The summed E-state index contributed by atoms with van der Waals surface area (Å²) in [4.78, 5) is 36.4. The molecule has 1 rings (SSSR count). The fourth-order valence-corrected chi connectivity index (χ4v) is 2.36. The molecular formula is C19H25N3O6. The Kier molecular flexibility index (Phi) is 9.47. The molecule has 9 heteroatoms. The zero-order valence-corrected chi connectivity index (χ0v) is 16.0. The Balaban J connectivity index is 2.74. The largest absolute Gasteiger partial charge is 0.467 e. The molecular weight excluding hydrogens is 366 g/mol. The van der Waals surface area contributed by atoms with Crippen LogP contribution in [0.2, 0.25) is 0 Å². The first-order chi connectivity index (χ1) is 13.3. The fraction of sp³-hybridized carbons (Fsp3) is 0.474. The third-order valence-electron chi connectivity index (χ3n) is 3.99. The Labute approximate surface area is 163 Å². The average Bonchev–Trinajstić information content (AvgIpc) is 2.68. The molecule has 2 amide bonds. The Morgan fingerprint density at radius 1 is 1.14 bits per heavy atom. The van der Waals surface area contributed by atoms with Gasteiger partial charge in [-0.1, -0.05) is 37.3 Å². The predicted molar refractivity (Wildman–Crippen MR) is 98.6 cm³/mol. The molecule has 0 saturated heterocycles. The SMILES string of the molecule is COC(=O)[C@H](NC(=O)[C@@H](NC(=O)OCc1ccccc1)[C@@H](C)O)[C@@H](C)CC#N. The first-order valence-electron chi connectivity index (χ1n) is 8.70. The number of methoxy groups -OCH3 is 1. The van der Waals surface area contributed by atoms with E-state index in [2.05, 4.69) is 15.4 Å². The number of hydrogen-bond acceptors (Lipinski definition) is 7. The minimum Gasteiger partial charge on any atom is -0.467 e. The summed E-state index contributed by atoms with van der Waals surface area (Å²) in [5.74, 6) is -2.06. The second kappa shape index (κ2) is 11.6. The van der Waals surface area contributed by atoms with Crippen LogP contribution in [0.5, 0.6) is 0 Å². The summed E-state index contributed by atoms with van der Waals surface area (Å²) in [6.45, 7) is 2.91. The maximum Gasteiger partial charge on any atom is 0.408 e. The quantitative estimate of drug-likeness (QED) is 0.531. The van der Waals surface area contributed by atoms with Gasteiger partial charge in [-0.3, -0.25) is 4.79 Å². The third kappa shape index (κ3) is 7.25. The number of rotatable bonds is 9. The summed E-state index contributed by atoms with van der Waals surface area (Å²) in [6, 6.07) is 8.40. The number of nitriles is 1. The van der Waals surface area contributed by atoms with Crippen LogP contribution in [-0.4, -0.2) is 48.4 Å². The second-order valence-electron chi connectivity index (χ2n) is 6.27. The molecule has 0 aliphatic rings. The monoisotopic (exact) mass is 391 g/mol. The average molecular weight is 391 g/mol. The highest BCUT2D eigenvalue weighted by atomic mass is 16.5. The van der Waals surface area contributed by atoms with E-state index >= 15 is 0 Å². The van der Waals surface area contributed by atoms with Crippen molar-refractivity contribution in [3.05, 3.63) is 35.9 Å². The summed E-state index contributed by atoms with van der Waals surface area (Å²) >= 11 is 0. The van der Waals surface area contributed by atoms with Gasteiger partial charge in [-0.2, -0.15) is 5.26 Å². The number of carbonyl (C=O) groups excluding carboxylic acids is 3. The molecule has 4 atom stereocenters. The summed E-state index contributed by atoms with van der Waals surface area (Å²) in [7, 11) is 1.16. The van der Waals surface area contributed by atoms with Gasteiger partial charge in [0.15, 0.2) is 0 Å². The molecule has 0 heterocycles. The van der Waals surface area contributed by atoms with E-state index in [-0.39, 0.29) is 13.0 Å². The van der Waals surface area contributed by atoms with Gasteiger partial charge in [0.25, 0.3) is 0 Å². The van der Waals surface area contributed by atoms with Crippen LogP contribution in [0.25, 0.3) is 0 Å². The second-order valence-corrected chi connectivity index (χ2v) is 6.27. The standard InChI is InChI=1S/C19H25N3O6/c1-12(9-10-20)15(18(25)27-3)21-17(24)16(13(2)23)22-19(26)28-11-14-7-5-4-6-8-14/h4-8,12-13,15-16,23H,9,11H2,1-3H3,(H,21,24)(H,22,26)/t12-,13+,15+,16-/m0/s1. The van der Waals surface area contributed by atoms with E-state index in [0.717, 1.165) is 12.7 Å². The van der Waals surface area contributed by atoms with Gasteiger partial charge in [0.1, 0.15) is 18.7 Å². The minimum atomic E-state index is -1.36. The number of benzene rings is 1. The highest BCUT2D eigenvalue weighted by Gasteiger charge is 2.33. The topological polar surface area (TPSA) is 138 Å². The number of nitrogens with zero attached hydrogens (tertiary/aromatic N) is 1. The van der Waals surface area contributed by atoms with E-state index in [4.69, 9.17) is 10.00 Å². The van der Waals surface area contributed by atoms with Gasteiger partial charge in [-0.25, -0.2) is 9.59 Å². The van der Waals surface area contributed by atoms with E-state index in [1.165, 1.54) is 6.92 Å². The van der Waals surface area contributed by atoms with Crippen molar-refractivity contribution in [2.45, 2.75) is 45.1 Å². The third-order valence-corrected chi connectivity index (χ3v) is 3.99. The summed E-state index contributed by atoms with van der Waals surface area (Å²) in [5, 5.41) is 23.4. The van der Waals surface area contributed by atoms with Gasteiger partial charge < -0.3 is 25.2 Å². The van der Waals surface area contributed by atoms with Crippen molar-refractivity contribution in [3.8, 4) is 6.07 Å². The maximum atomic E-state index is 12.5. The lowest BCUT2D eigenvalue weighted by atomic mass is 9.98. The molecule has 152 valence electrons. The number of esters is 1. The summed E-state index contributed by atoms with van der Waals surface area (Å²) in [5.41, 5.74) is 0.756. The van der Waals surface area contributed by atoms with Crippen molar-refractivity contribution < 1.29 is 29.0 Å². The van der Waals surface area contributed by atoms with Crippen molar-refractivity contribution in [1.82, 2.24) is 10.6 Å². The van der Waals surface area contributed by atoms with Gasteiger partial charge >= 0.3 is 12.1 Å². The highest BCUT2D eigenvalue weighted by Crippen LogP contribution is 2.10. The van der Waals surface area contributed by atoms with Crippen molar-refractivity contribution in [3.63, 3.8) is 0 Å². The molecule has 0 aliphatic carbocycles. The first-order valence-corrected chi connectivity index (χ1v) is 8.70. The Morgan fingerprint density at radius 3 is 2.32 bits per heavy atom. The van der Waals surface area contributed by atoms with Gasteiger partial charge in [0.05, 0.1) is 19.3 Å². The molecule has 0 aliphatic heterocycles.